The van der Waals surface area contributed by atoms with Crippen LogP contribution in [-0.4, -0.2) is 67.0 Å². The van der Waals surface area contributed by atoms with Gasteiger partial charge in [-0.3, -0.25) is 9.59 Å². The predicted molar refractivity (Wildman–Crippen MR) is 125 cm³/mol. The summed E-state index contributed by atoms with van der Waals surface area (Å²) in [4.78, 5) is 29.8. The van der Waals surface area contributed by atoms with Crippen LogP contribution < -0.4 is 9.47 Å². The van der Waals surface area contributed by atoms with Crippen LogP contribution in [0.1, 0.15) is 36.1 Å². The summed E-state index contributed by atoms with van der Waals surface area (Å²) in [7, 11) is 5.52. The normalized spacial score (nSPS) is 21.4. The molecule has 0 saturated carbocycles. The fraction of sp³-hybridized carbons (Fsp3) is 0.385. The number of likely N-dealkylation sites (tertiary alicyclic amines) is 1. The standard InChI is InChI=1S/C26H30N2O5/c1-16-14-19-15-18(8-11-21(19)33-16)24(29)22-23(17-6-9-20(32-4)10-7-17)28(26(31)25(22)30)13-5-12-27(2)3/h6-11,15-16,23,29H,5,12-14H2,1-4H3/t16-,23-/m0/s1. The number of fused-ring (bicyclic) bond motifs is 1. The van der Waals surface area contributed by atoms with Gasteiger partial charge in [0.05, 0.1) is 18.7 Å². The molecule has 0 radical (unpaired) electrons. The average molecular weight is 451 g/mol. The van der Waals surface area contributed by atoms with E-state index in [4.69, 9.17) is 9.47 Å². The molecule has 0 bridgehead atoms. The molecule has 0 aliphatic carbocycles. The third kappa shape index (κ3) is 4.46. The molecule has 1 fully saturated rings. The molecule has 2 atom stereocenters. The molecule has 2 aliphatic heterocycles. The van der Waals surface area contributed by atoms with Gasteiger partial charge in [-0.2, -0.15) is 0 Å². The molecule has 7 heteroatoms. The highest BCUT2D eigenvalue weighted by Gasteiger charge is 2.45. The summed E-state index contributed by atoms with van der Waals surface area (Å²) in [6, 6.07) is 12.0. The van der Waals surface area contributed by atoms with Crippen molar-refractivity contribution < 1.29 is 24.2 Å². The molecular weight excluding hydrogens is 420 g/mol. The minimum absolute atomic E-state index is 0.0685. The average Bonchev–Trinajstić information content (AvgIpc) is 3.29. The molecule has 2 aromatic carbocycles. The zero-order valence-corrected chi connectivity index (χ0v) is 19.5. The molecule has 174 valence electrons. The quantitative estimate of drug-likeness (QED) is 0.396. The van der Waals surface area contributed by atoms with E-state index in [0.29, 0.717) is 24.3 Å². The van der Waals surface area contributed by atoms with Crippen LogP contribution in [0.5, 0.6) is 11.5 Å². The lowest BCUT2D eigenvalue weighted by Gasteiger charge is -2.26. The summed E-state index contributed by atoms with van der Waals surface area (Å²) in [5, 5.41) is 11.3. The number of Topliss-reactive ketones (excluding diaryl/α,β-unsaturated/α-hetero) is 1. The molecule has 2 aliphatic rings. The monoisotopic (exact) mass is 450 g/mol. The highest BCUT2D eigenvalue weighted by Crippen LogP contribution is 2.41. The van der Waals surface area contributed by atoms with Crippen LogP contribution in [0.3, 0.4) is 0 Å². The molecule has 4 rings (SSSR count). The molecule has 1 saturated heterocycles. The first-order valence-corrected chi connectivity index (χ1v) is 11.2. The van der Waals surface area contributed by atoms with E-state index in [-0.39, 0.29) is 17.4 Å². The topological polar surface area (TPSA) is 79.3 Å². The Kier molecular flexibility index (Phi) is 6.42. The Morgan fingerprint density at radius 1 is 1.18 bits per heavy atom. The van der Waals surface area contributed by atoms with Crippen LogP contribution in [0.4, 0.5) is 0 Å². The van der Waals surface area contributed by atoms with Gasteiger partial charge in [0.25, 0.3) is 11.7 Å². The van der Waals surface area contributed by atoms with E-state index < -0.39 is 17.7 Å². The number of hydrogen-bond acceptors (Lipinski definition) is 6. The van der Waals surface area contributed by atoms with Gasteiger partial charge in [-0.1, -0.05) is 12.1 Å². The fourth-order valence-corrected chi connectivity index (χ4v) is 4.53. The Morgan fingerprint density at radius 3 is 2.58 bits per heavy atom. The van der Waals surface area contributed by atoms with Crippen LogP contribution in [0.25, 0.3) is 5.76 Å². The van der Waals surface area contributed by atoms with Crippen molar-refractivity contribution in [3.8, 4) is 11.5 Å². The molecule has 0 aromatic heterocycles. The van der Waals surface area contributed by atoms with Gasteiger partial charge in [0.1, 0.15) is 23.4 Å². The summed E-state index contributed by atoms with van der Waals surface area (Å²) in [6.45, 7) is 3.18. The van der Waals surface area contributed by atoms with Crippen molar-refractivity contribution in [3.05, 3.63) is 64.7 Å². The molecule has 33 heavy (non-hydrogen) atoms. The summed E-state index contributed by atoms with van der Waals surface area (Å²) in [6.07, 6.45) is 1.51. The van der Waals surface area contributed by atoms with Gasteiger partial charge < -0.3 is 24.4 Å². The van der Waals surface area contributed by atoms with Crippen LogP contribution in [0.2, 0.25) is 0 Å². The molecule has 0 unspecified atom stereocenters. The molecule has 1 amide bonds. The predicted octanol–water partition coefficient (Wildman–Crippen LogP) is 3.39. The maximum atomic E-state index is 13.2. The minimum atomic E-state index is -0.665. The minimum Gasteiger partial charge on any atom is -0.507 e. The summed E-state index contributed by atoms with van der Waals surface area (Å²) in [5.41, 5.74) is 2.35. The molecular formula is C26H30N2O5. The van der Waals surface area contributed by atoms with E-state index in [1.807, 2.05) is 50.2 Å². The van der Waals surface area contributed by atoms with Crippen LogP contribution in [-0.2, 0) is 16.0 Å². The number of hydrogen-bond donors (Lipinski definition) is 1. The third-order valence-corrected chi connectivity index (χ3v) is 6.15. The smallest absolute Gasteiger partial charge is 0.295 e. The van der Waals surface area contributed by atoms with E-state index >= 15 is 0 Å². The Hall–Kier alpha value is -3.32. The number of ether oxygens (including phenoxy) is 2. The first-order chi connectivity index (χ1) is 15.8. The second kappa shape index (κ2) is 9.27. The zero-order valence-electron chi connectivity index (χ0n) is 19.5. The van der Waals surface area contributed by atoms with Crippen molar-refractivity contribution in [2.45, 2.75) is 31.9 Å². The first-order valence-electron chi connectivity index (χ1n) is 11.2. The van der Waals surface area contributed by atoms with Crippen LogP contribution >= 0.6 is 0 Å². The van der Waals surface area contributed by atoms with Crippen molar-refractivity contribution in [3.63, 3.8) is 0 Å². The van der Waals surface area contributed by atoms with Gasteiger partial charge >= 0.3 is 0 Å². The van der Waals surface area contributed by atoms with E-state index in [1.54, 1.807) is 30.2 Å². The van der Waals surface area contributed by atoms with Gasteiger partial charge in [0, 0.05) is 18.5 Å². The van der Waals surface area contributed by atoms with Crippen molar-refractivity contribution in [1.29, 1.82) is 0 Å². The summed E-state index contributed by atoms with van der Waals surface area (Å²) < 4.78 is 11.0. The van der Waals surface area contributed by atoms with Gasteiger partial charge in [-0.25, -0.2) is 0 Å². The van der Waals surface area contributed by atoms with E-state index in [2.05, 4.69) is 0 Å². The number of methoxy groups -OCH3 is 1. The molecule has 1 N–H and O–H groups in total. The lowest BCUT2D eigenvalue weighted by atomic mass is 9.94. The molecule has 0 spiro atoms. The Labute approximate surface area is 194 Å². The van der Waals surface area contributed by atoms with Crippen molar-refractivity contribution >= 4 is 17.4 Å². The molecule has 2 aromatic rings. The van der Waals surface area contributed by atoms with E-state index in [9.17, 15) is 14.7 Å². The van der Waals surface area contributed by atoms with E-state index in [1.165, 1.54) is 0 Å². The second-order valence-electron chi connectivity index (χ2n) is 8.88. The highest BCUT2D eigenvalue weighted by molar-refractivity contribution is 6.46. The number of benzene rings is 2. The Balaban J connectivity index is 1.77. The summed E-state index contributed by atoms with van der Waals surface area (Å²) >= 11 is 0. The van der Waals surface area contributed by atoms with E-state index in [0.717, 1.165) is 29.8 Å². The van der Waals surface area contributed by atoms with Crippen LogP contribution in [0.15, 0.2) is 48.0 Å². The Bertz CT molecular complexity index is 1090. The zero-order chi connectivity index (χ0) is 23.7. The highest BCUT2D eigenvalue weighted by atomic mass is 16.5. The van der Waals surface area contributed by atoms with Gasteiger partial charge in [-0.15, -0.1) is 0 Å². The maximum Gasteiger partial charge on any atom is 0.295 e. The number of aliphatic hydroxyl groups is 1. The summed E-state index contributed by atoms with van der Waals surface area (Å²) in [5.74, 6) is 0.0510. The largest absolute Gasteiger partial charge is 0.507 e. The fourth-order valence-electron chi connectivity index (χ4n) is 4.53. The first kappa shape index (κ1) is 22.9. The third-order valence-electron chi connectivity index (χ3n) is 6.15. The van der Waals surface area contributed by atoms with Crippen molar-refractivity contribution in [2.75, 3.05) is 34.3 Å². The van der Waals surface area contributed by atoms with Gasteiger partial charge in [-0.05, 0) is 75.4 Å². The Morgan fingerprint density at radius 2 is 1.91 bits per heavy atom. The number of ketones is 1. The second-order valence-corrected chi connectivity index (χ2v) is 8.88. The molecule has 7 nitrogen and oxygen atoms in total. The number of nitrogens with zero attached hydrogens (tertiary/aromatic N) is 2. The number of amides is 1. The van der Waals surface area contributed by atoms with Crippen LogP contribution in [0, 0.1) is 0 Å². The molecule has 2 heterocycles. The van der Waals surface area contributed by atoms with Crippen molar-refractivity contribution in [2.24, 2.45) is 0 Å². The lowest BCUT2D eigenvalue weighted by molar-refractivity contribution is -0.139. The van der Waals surface area contributed by atoms with Gasteiger partial charge in [0.2, 0.25) is 0 Å². The number of carbonyl (C=O) groups excluding carboxylic acids is 2. The number of rotatable bonds is 7. The number of aliphatic hydroxyl groups excluding tert-OH is 1. The van der Waals surface area contributed by atoms with Crippen molar-refractivity contribution in [1.82, 2.24) is 9.80 Å². The van der Waals surface area contributed by atoms with Gasteiger partial charge in [0.15, 0.2) is 0 Å². The maximum absolute atomic E-state index is 13.2. The lowest BCUT2D eigenvalue weighted by Crippen LogP contribution is -2.32. The SMILES string of the molecule is COc1ccc([C@H]2C(=C(O)c3ccc4c(c3)C[C@H](C)O4)C(=O)C(=O)N2CCCN(C)C)cc1. The number of carbonyl (C=O) groups is 2.